The van der Waals surface area contributed by atoms with Crippen molar-refractivity contribution in [2.75, 3.05) is 18.4 Å². The first kappa shape index (κ1) is 13.8. The SMILES string of the molecule is CCCNc1cc(C)ncc1C(=O)NCC1CC1C. The molecule has 2 atom stereocenters. The molecule has 0 aliphatic heterocycles. The maximum atomic E-state index is 12.2. The highest BCUT2D eigenvalue weighted by Gasteiger charge is 2.32. The van der Waals surface area contributed by atoms with Crippen LogP contribution in [0.15, 0.2) is 12.3 Å². The van der Waals surface area contributed by atoms with Crippen LogP contribution in [0.5, 0.6) is 0 Å². The fourth-order valence-electron chi connectivity index (χ4n) is 2.15. The van der Waals surface area contributed by atoms with Crippen molar-refractivity contribution in [1.82, 2.24) is 10.3 Å². The van der Waals surface area contributed by atoms with Crippen molar-refractivity contribution < 1.29 is 4.79 Å². The third-order valence-electron chi connectivity index (χ3n) is 3.65. The predicted molar refractivity (Wildman–Crippen MR) is 77.4 cm³/mol. The van der Waals surface area contributed by atoms with Gasteiger partial charge in [0, 0.05) is 25.0 Å². The first-order valence-electron chi connectivity index (χ1n) is 7.10. The summed E-state index contributed by atoms with van der Waals surface area (Å²) in [7, 11) is 0. The molecule has 1 amide bonds. The molecule has 0 aromatic carbocycles. The fourth-order valence-corrected chi connectivity index (χ4v) is 2.15. The number of amides is 1. The highest BCUT2D eigenvalue weighted by Crippen LogP contribution is 2.36. The Morgan fingerprint density at radius 3 is 2.89 bits per heavy atom. The minimum Gasteiger partial charge on any atom is -0.384 e. The van der Waals surface area contributed by atoms with Crippen molar-refractivity contribution in [2.45, 2.75) is 33.6 Å². The highest BCUT2D eigenvalue weighted by atomic mass is 16.1. The topological polar surface area (TPSA) is 54.0 Å². The number of aryl methyl sites for hydroxylation is 1. The van der Waals surface area contributed by atoms with Gasteiger partial charge in [-0.15, -0.1) is 0 Å². The van der Waals surface area contributed by atoms with Gasteiger partial charge in [-0.25, -0.2) is 0 Å². The highest BCUT2D eigenvalue weighted by molar-refractivity contribution is 5.99. The number of aromatic nitrogens is 1. The van der Waals surface area contributed by atoms with Gasteiger partial charge >= 0.3 is 0 Å². The molecule has 4 heteroatoms. The second-order valence-corrected chi connectivity index (χ2v) is 5.48. The average Bonchev–Trinajstić information content (AvgIpc) is 3.09. The third-order valence-corrected chi connectivity index (χ3v) is 3.65. The molecule has 0 saturated heterocycles. The number of nitrogens with one attached hydrogen (secondary N) is 2. The van der Waals surface area contributed by atoms with Gasteiger partial charge < -0.3 is 10.6 Å². The Morgan fingerprint density at radius 1 is 1.53 bits per heavy atom. The molecule has 0 radical (unpaired) electrons. The van der Waals surface area contributed by atoms with Crippen molar-refractivity contribution in [1.29, 1.82) is 0 Å². The average molecular weight is 261 g/mol. The van der Waals surface area contributed by atoms with E-state index in [1.807, 2.05) is 13.0 Å². The zero-order valence-corrected chi connectivity index (χ0v) is 12.0. The van der Waals surface area contributed by atoms with E-state index < -0.39 is 0 Å². The van der Waals surface area contributed by atoms with Gasteiger partial charge in [0.2, 0.25) is 0 Å². The summed E-state index contributed by atoms with van der Waals surface area (Å²) in [5.74, 6) is 1.40. The van der Waals surface area contributed by atoms with Crippen LogP contribution < -0.4 is 10.6 Å². The Balaban J connectivity index is 2.02. The lowest BCUT2D eigenvalue weighted by Crippen LogP contribution is -2.27. The number of hydrogen-bond acceptors (Lipinski definition) is 3. The van der Waals surface area contributed by atoms with Crippen molar-refractivity contribution in [3.63, 3.8) is 0 Å². The summed E-state index contributed by atoms with van der Waals surface area (Å²) in [4.78, 5) is 16.4. The maximum absolute atomic E-state index is 12.2. The van der Waals surface area contributed by atoms with E-state index in [1.165, 1.54) is 6.42 Å². The van der Waals surface area contributed by atoms with Crippen molar-refractivity contribution in [2.24, 2.45) is 11.8 Å². The monoisotopic (exact) mass is 261 g/mol. The maximum Gasteiger partial charge on any atom is 0.254 e. The molecule has 0 spiro atoms. The predicted octanol–water partition coefficient (Wildman–Crippen LogP) is 2.60. The Kier molecular flexibility index (Phi) is 4.40. The first-order chi connectivity index (χ1) is 9.11. The minimum atomic E-state index is -0.0230. The molecule has 1 aliphatic rings. The van der Waals surface area contributed by atoms with Crippen molar-refractivity contribution in [3.05, 3.63) is 23.5 Å². The van der Waals surface area contributed by atoms with Crippen LogP contribution in [0, 0.1) is 18.8 Å². The first-order valence-corrected chi connectivity index (χ1v) is 7.10. The van der Waals surface area contributed by atoms with Crippen LogP contribution >= 0.6 is 0 Å². The van der Waals surface area contributed by atoms with Crippen LogP contribution in [0.2, 0.25) is 0 Å². The number of rotatable bonds is 6. The number of anilines is 1. The van der Waals surface area contributed by atoms with E-state index in [2.05, 4.69) is 29.5 Å². The lowest BCUT2D eigenvalue weighted by atomic mass is 10.2. The van der Waals surface area contributed by atoms with Crippen LogP contribution in [0.4, 0.5) is 5.69 Å². The lowest BCUT2D eigenvalue weighted by Gasteiger charge is -2.12. The molecular weight excluding hydrogens is 238 g/mol. The number of pyridine rings is 1. The summed E-state index contributed by atoms with van der Waals surface area (Å²) >= 11 is 0. The Morgan fingerprint density at radius 2 is 2.26 bits per heavy atom. The quantitative estimate of drug-likeness (QED) is 0.827. The van der Waals surface area contributed by atoms with Crippen LogP contribution in [-0.2, 0) is 0 Å². The third kappa shape index (κ3) is 3.69. The molecule has 1 heterocycles. The summed E-state index contributed by atoms with van der Waals surface area (Å²) in [6.07, 6.45) is 3.92. The van der Waals surface area contributed by atoms with Gasteiger partial charge in [-0.05, 0) is 37.7 Å². The zero-order valence-electron chi connectivity index (χ0n) is 12.0. The second-order valence-electron chi connectivity index (χ2n) is 5.48. The van der Waals surface area contributed by atoms with Gasteiger partial charge in [0.15, 0.2) is 0 Å². The lowest BCUT2D eigenvalue weighted by molar-refractivity contribution is 0.0952. The summed E-state index contributed by atoms with van der Waals surface area (Å²) in [6, 6.07) is 1.93. The second kappa shape index (κ2) is 6.04. The molecule has 4 nitrogen and oxygen atoms in total. The van der Waals surface area contributed by atoms with Crippen LogP contribution in [0.1, 0.15) is 42.7 Å². The molecule has 2 unspecified atom stereocenters. The molecule has 104 valence electrons. The van der Waals surface area contributed by atoms with Crippen LogP contribution in [-0.4, -0.2) is 24.0 Å². The number of hydrogen-bond donors (Lipinski definition) is 2. The van der Waals surface area contributed by atoms with Gasteiger partial charge in [0.1, 0.15) is 0 Å². The van der Waals surface area contributed by atoms with Gasteiger partial charge in [0.25, 0.3) is 5.91 Å². The number of nitrogens with zero attached hydrogens (tertiary/aromatic N) is 1. The molecular formula is C15H23N3O. The number of carbonyl (C=O) groups is 1. The largest absolute Gasteiger partial charge is 0.384 e. The normalized spacial score (nSPS) is 21.0. The van der Waals surface area contributed by atoms with Gasteiger partial charge in [0.05, 0.1) is 11.3 Å². The van der Waals surface area contributed by atoms with Gasteiger partial charge in [-0.3, -0.25) is 9.78 Å². The molecule has 2 rings (SSSR count). The van der Waals surface area contributed by atoms with Gasteiger partial charge in [-0.1, -0.05) is 13.8 Å². The van der Waals surface area contributed by atoms with E-state index in [1.54, 1.807) is 6.20 Å². The van der Waals surface area contributed by atoms with Crippen molar-refractivity contribution in [3.8, 4) is 0 Å². The molecule has 0 bridgehead atoms. The standard InChI is InChI=1S/C15H23N3O/c1-4-5-16-14-7-11(3)17-9-13(14)15(19)18-8-12-6-10(12)2/h7,9-10,12H,4-6,8H2,1-3H3,(H,16,17)(H,18,19). The molecule has 2 N–H and O–H groups in total. The molecule has 1 saturated carbocycles. The summed E-state index contributed by atoms with van der Waals surface area (Å²) in [6.45, 7) is 7.91. The van der Waals surface area contributed by atoms with E-state index in [-0.39, 0.29) is 5.91 Å². The zero-order chi connectivity index (χ0) is 13.8. The number of carbonyl (C=O) groups excluding carboxylic acids is 1. The fraction of sp³-hybridized carbons (Fsp3) is 0.600. The van der Waals surface area contributed by atoms with E-state index in [4.69, 9.17) is 0 Å². The molecule has 19 heavy (non-hydrogen) atoms. The Bertz CT molecular complexity index is 459. The van der Waals surface area contributed by atoms with Gasteiger partial charge in [-0.2, -0.15) is 0 Å². The van der Waals surface area contributed by atoms with Crippen LogP contribution in [0.25, 0.3) is 0 Å². The Hall–Kier alpha value is -1.58. The summed E-state index contributed by atoms with van der Waals surface area (Å²) in [5.41, 5.74) is 2.45. The summed E-state index contributed by atoms with van der Waals surface area (Å²) < 4.78 is 0. The van der Waals surface area contributed by atoms with E-state index in [0.717, 1.165) is 36.8 Å². The molecule has 1 aromatic heterocycles. The summed E-state index contributed by atoms with van der Waals surface area (Å²) in [5, 5.41) is 6.30. The Labute approximate surface area is 115 Å². The van der Waals surface area contributed by atoms with Crippen LogP contribution in [0.3, 0.4) is 0 Å². The van der Waals surface area contributed by atoms with E-state index in [0.29, 0.717) is 11.5 Å². The molecule has 1 aromatic rings. The molecule has 1 fully saturated rings. The molecule has 1 aliphatic carbocycles. The van der Waals surface area contributed by atoms with E-state index in [9.17, 15) is 4.79 Å². The minimum absolute atomic E-state index is 0.0230. The van der Waals surface area contributed by atoms with Crippen molar-refractivity contribution >= 4 is 11.6 Å². The smallest absolute Gasteiger partial charge is 0.254 e. The van der Waals surface area contributed by atoms with E-state index >= 15 is 0 Å².